The van der Waals surface area contributed by atoms with Gasteiger partial charge in [-0.25, -0.2) is 4.79 Å². The Hall–Kier alpha value is -2.04. The third-order valence-corrected chi connectivity index (χ3v) is 4.14. The Bertz CT molecular complexity index is 547. The number of hydrogen-bond acceptors (Lipinski definition) is 3. The third-order valence-electron chi connectivity index (χ3n) is 4.14. The molecular formula is C16H21NO4. The Kier molecular flexibility index (Phi) is 4.50. The fraction of sp³-hybridized carbons (Fsp3) is 0.500. The largest absolute Gasteiger partial charge is 0.496 e. The lowest BCUT2D eigenvalue weighted by Gasteiger charge is -2.34. The number of aryl methyl sites for hydroxylation is 1. The molecule has 114 valence electrons. The van der Waals surface area contributed by atoms with Crippen molar-refractivity contribution in [1.29, 1.82) is 0 Å². The first kappa shape index (κ1) is 15.4. The van der Waals surface area contributed by atoms with Crippen molar-refractivity contribution in [3.8, 4) is 5.75 Å². The predicted molar refractivity (Wildman–Crippen MR) is 78.6 cm³/mol. The predicted octanol–water partition coefficient (Wildman–Crippen LogP) is 2.52. The van der Waals surface area contributed by atoms with Crippen LogP contribution in [0.3, 0.4) is 0 Å². The van der Waals surface area contributed by atoms with Gasteiger partial charge in [0.1, 0.15) is 11.3 Å². The number of carbonyl (C=O) groups excluding carboxylic acids is 1. The molecular weight excluding hydrogens is 270 g/mol. The van der Waals surface area contributed by atoms with Gasteiger partial charge in [-0.05, 0) is 37.5 Å². The molecule has 1 saturated carbocycles. The minimum Gasteiger partial charge on any atom is -0.496 e. The Morgan fingerprint density at radius 3 is 2.48 bits per heavy atom. The van der Waals surface area contributed by atoms with Crippen molar-refractivity contribution >= 4 is 11.9 Å². The van der Waals surface area contributed by atoms with Gasteiger partial charge in [0, 0.05) is 5.56 Å². The first-order chi connectivity index (χ1) is 9.98. The molecule has 0 radical (unpaired) electrons. The van der Waals surface area contributed by atoms with E-state index in [9.17, 15) is 14.7 Å². The van der Waals surface area contributed by atoms with E-state index in [1.165, 1.54) is 0 Å². The van der Waals surface area contributed by atoms with Crippen LogP contribution in [0.15, 0.2) is 18.2 Å². The summed E-state index contributed by atoms with van der Waals surface area (Å²) in [4.78, 5) is 24.0. The Morgan fingerprint density at radius 1 is 1.24 bits per heavy atom. The molecule has 1 fully saturated rings. The van der Waals surface area contributed by atoms with E-state index in [1.54, 1.807) is 25.3 Å². The van der Waals surface area contributed by atoms with Crippen LogP contribution in [0.2, 0.25) is 0 Å². The zero-order valence-corrected chi connectivity index (χ0v) is 12.4. The number of methoxy groups -OCH3 is 1. The van der Waals surface area contributed by atoms with Gasteiger partial charge in [-0.1, -0.05) is 25.3 Å². The van der Waals surface area contributed by atoms with Gasteiger partial charge in [0.25, 0.3) is 5.91 Å². The topological polar surface area (TPSA) is 75.6 Å². The number of aliphatic carboxylic acids is 1. The molecule has 0 unspecified atom stereocenters. The summed E-state index contributed by atoms with van der Waals surface area (Å²) < 4.78 is 5.20. The molecule has 1 amide bonds. The number of amides is 1. The number of benzene rings is 1. The number of hydrogen-bond donors (Lipinski definition) is 2. The summed E-state index contributed by atoms with van der Waals surface area (Å²) >= 11 is 0. The molecule has 21 heavy (non-hydrogen) atoms. The number of carboxylic acids is 1. The van der Waals surface area contributed by atoms with Crippen LogP contribution in [-0.4, -0.2) is 29.6 Å². The third kappa shape index (κ3) is 3.17. The lowest BCUT2D eigenvalue weighted by molar-refractivity contribution is -0.145. The van der Waals surface area contributed by atoms with E-state index in [-0.39, 0.29) is 5.91 Å². The van der Waals surface area contributed by atoms with Crippen molar-refractivity contribution in [2.75, 3.05) is 7.11 Å². The second kappa shape index (κ2) is 6.16. The van der Waals surface area contributed by atoms with Crippen LogP contribution in [0.1, 0.15) is 48.0 Å². The van der Waals surface area contributed by atoms with Crippen molar-refractivity contribution in [2.45, 2.75) is 44.6 Å². The molecule has 1 aromatic carbocycles. The van der Waals surface area contributed by atoms with Crippen LogP contribution in [0.4, 0.5) is 0 Å². The highest BCUT2D eigenvalue weighted by atomic mass is 16.5. The quantitative estimate of drug-likeness (QED) is 0.893. The minimum atomic E-state index is -1.13. The van der Waals surface area contributed by atoms with E-state index in [1.807, 2.05) is 6.92 Å². The highest BCUT2D eigenvalue weighted by Gasteiger charge is 2.41. The average molecular weight is 291 g/mol. The molecule has 0 atom stereocenters. The number of rotatable bonds is 4. The van der Waals surface area contributed by atoms with E-state index in [0.717, 1.165) is 24.8 Å². The van der Waals surface area contributed by atoms with E-state index >= 15 is 0 Å². The molecule has 0 aromatic heterocycles. The van der Waals surface area contributed by atoms with Crippen LogP contribution < -0.4 is 10.1 Å². The van der Waals surface area contributed by atoms with E-state index in [4.69, 9.17) is 4.74 Å². The summed E-state index contributed by atoms with van der Waals surface area (Å²) in [6.45, 7) is 1.89. The second-order valence-electron chi connectivity index (χ2n) is 5.59. The fourth-order valence-electron chi connectivity index (χ4n) is 2.80. The van der Waals surface area contributed by atoms with Crippen LogP contribution in [-0.2, 0) is 4.79 Å². The molecule has 0 saturated heterocycles. The lowest BCUT2D eigenvalue weighted by atomic mass is 9.81. The van der Waals surface area contributed by atoms with Crippen molar-refractivity contribution in [1.82, 2.24) is 5.32 Å². The van der Waals surface area contributed by atoms with E-state index < -0.39 is 11.5 Å². The van der Waals surface area contributed by atoms with Gasteiger partial charge in [0.05, 0.1) is 7.11 Å². The maximum Gasteiger partial charge on any atom is 0.329 e. The number of nitrogens with one attached hydrogen (secondary N) is 1. The van der Waals surface area contributed by atoms with Gasteiger partial charge in [-0.2, -0.15) is 0 Å². The van der Waals surface area contributed by atoms with Crippen LogP contribution >= 0.6 is 0 Å². The molecule has 1 aromatic rings. The van der Waals surface area contributed by atoms with E-state index in [0.29, 0.717) is 24.2 Å². The molecule has 1 aliphatic rings. The summed E-state index contributed by atoms with van der Waals surface area (Å²) in [6, 6.07) is 5.12. The maximum atomic E-state index is 12.4. The lowest BCUT2D eigenvalue weighted by Crippen LogP contribution is -2.55. The van der Waals surface area contributed by atoms with Crippen LogP contribution in [0.25, 0.3) is 0 Å². The van der Waals surface area contributed by atoms with Gasteiger partial charge >= 0.3 is 5.97 Å². The SMILES string of the molecule is COc1cc(C(=O)NC2(C(=O)O)CCCCC2)ccc1C. The zero-order chi connectivity index (χ0) is 15.5. The Labute approximate surface area is 124 Å². The molecule has 0 heterocycles. The van der Waals surface area contributed by atoms with Crippen molar-refractivity contribution in [2.24, 2.45) is 0 Å². The van der Waals surface area contributed by atoms with Crippen molar-refractivity contribution < 1.29 is 19.4 Å². The first-order valence-corrected chi connectivity index (χ1v) is 7.19. The Morgan fingerprint density at radius 2 is 1.90 bits per heavy atom. The smallest absolute Gasteiger partial charge is 0.329 e. The zero-order valence-electron chi connectivity index (χ0n) is 12.4. The normalized spacial score (nSPS) is 17.0. The molecule has 5 heteroatoms. The average Bonchev–Trinajstić information content (AvgIpc) is 2.48. The van der Waals surface area contributed by atoms with Crippen molar-refractivity contribution in [3.05, 3.63) is 29.3 Å². The molecule has 2 rings (SSSR count). The highest BCUT2D eigenvalue weighted by Crippen LogP contribution is 2.29. The molecule has 0 spiro atoms. The molecule has 0 bridgehead atoms. The summed E-state index contributed by atoms with van der Waals surface area (Å²) in [5.41, 5.74) is 0.219. The molecule has 0 aliphatic heterocycles. The Balaban J connectivity index is 2.21. The summed E-state index contributed by atoms with van der Waals surface area (Å²) in [5.74, 6) is -0.692. The number of carboxylic acid groups (broad SMARTS) is 1. The second-order valence-corrected chi connectivity index (χ2v) is 5.59. The van der Waals surface area contributed by atoms with Gasteiger partial charge < -0.3 is 15.2 Å². The molecule has 2 N–H and O–H groups in total. The molecule has 5 nitrogen and oxygen atoms in total. The standard InChI is InChI=1S/C16H21NO4/c1-11-6-7-12(10-13(11)21-2)14(18)17-16(15(19)20)8-4-3-5-9-16/h6-7,10H,3-5,8-9H2,1-2H3,(H,17,18)(H,19,20). The maximum absolute atomic E-state index is 12.4. The highest BCUT2D eigenvalue weighted by molar-refractivity contribution is 5.98. The summed E-state index contributed by atoms with van der Waals surface area (Å²) in [5, 5.41) is 12.2. The number of carbonyl (C=O) groups is 2. The summed E-state index contributed by atoms with van der Waals surface area (Å²) in [6.07, 6.45) is 3.63. The van der Waals surface area contributed by atoms with E-state index in [2.05, 4.69) is 5.32 Å². The minimum absolute atomic E-state index is 0.363. The van der Waals surface area contributed by atoms with Gasteiger partial charge in [-0.3, -0.25) is 4.79 Å². The molecule has 1 aliphatic carbocycles. The van der Waals surface area contributed by atoms with Gasteiger partial charge in [0.2, 0.25) is 0 Å². The summed E-state index contributed by atoms with van der Waals surface area (Å²) in [7, 11) is 1.55. The van der Waals surface area contributed by atoms with Crippen LogP contribution in [0, 0.1) is 6.92 Å². The fourth-order valence-corrected chi connectivity index (χ4v) is 2.80. The van der Waals surface area contributed by atoms with Gasteiger partial charge in [-0.15, -0.1) is 0 Å². The monoisotopic (exact) mass is 291 g/mol. The first-order valence-electron chi connectivity index (χ1n) is 7.19. The van der Waals surface area contributed by atoms with Crippen LogP contribution in [0.5, 0.6) is 5.75 Å². The van der Waals surface area contributed by atoms with Gasteiger partial charge in [0.15, 0.2) is 0 Å². The number of ether oxygens (including phenoxy) is 1. The van der Waals surface area contributed by atoms with Crippen molar-refractivity contribution in [3.63, 3.8) is 0 Å².